The van der Waals surface area contributed by atoms with Gasteiger partial charge in [0.1, 0.15) is 0 Å². The molecule has 1 rings (SSSR count). The largest absolute Gasteiger partial charge is 0.527 e. The summed E-state index contributed by atoms with van der Waals surface area (Å²) in [6.07, 6.45) is 0. The van der Waals surface area contributed by atoms with Crippen molar-refractivity contribution in [3.05, 3.63) is 11.8 Å². The minimum absolute atomic E-state index is 0.350. The average molecular weight is 205 g/mol. The van der Waals surface area contributed by atoms with Crippen molar-refractivity contribution in [3.63, 3.8) is 0 Å². The van der Waals surface area contributed by atoms with E-state index < -0.39 is 12.6 Å². The van der Waals surface area contributed by atoms with Crippen molar-refractivity contribution >= 4 is 12.6 Å². The van der Waals surface area contributed by atoms with Crippen LogP contribution in [-0.4, -0.2) is 16.8 Å². The summed E-state index contributed by atoms with van der Waals surface area (Å²) < 4.78 is 38.3. The maximum atomic E-state index is 12.5. The number of hydrogen-bond acceptors (Lipinski definition) is 1. The Hall–Kier alpha value is -0.935. The Morgan fingerprint density at radius 3 is 2.00 bits per heavy atom. The van der Waals surface area contributed by atoms with Crippen molar-refractivity contribution < 1.29 is 12.9 Å². The molecule has 0 N–H and O–H groups in total. The minimum atomic E-state index is -4.96. The van der Waals surface area contributed by atoms with E-state index in [1.807, 2.05) is 20.8 Å². The summed E-state index contributed by atoms with van der Waals surface area (Å²) in [6, 6.07) is 1.12. The Bertz CT molecular complexity index is 335. The molecule has 0 saturated carbocycles. The summed E-state index contributed by atoms with van der Waals surface area (Å²) in [6.45, 7) is 0.546. The fraction of sp³-hybridized carbons (Fsp3) is 0.625. The third-order valence-electron chi connectivity index (χ3n) is 2.02. The van der Waals surface area contributed by atoms with E-state index in [-0.39, 0.29) is 5.41 Å². The molecule has 1 aromatic rings. The zero-order valence-corrected chi connectivity index (χ0v) is 8.68. The quantitative estimate of drug-likeness (QED) is 0.639. The number of aromatic nitrogens is 2. The van der Waals surface area contributed by atoms with E-state index in [9.17, 15) is 12.9 Å². The van der Waals surface area contributed by atoms with Crippen LogP contribution in [-0.2, 0) is 12.5 Å². The Labute approximate surface area is 81.2 Å². The van der Waals surface area contributed by atoms with Crippen LogP contribution in [0.1, 0.15) is 26.5 Å². The van der Waals surface area contributed by atoms with Crippen molar-refractivity contribution in [2.24, 2.45) is 7.05 Å². The van der Waals surface area contributed by atoms with Crippen molar-refractivity contribution in [2.75, 3.05) is 0 Å². The lowest BCUT2D eigenvalue weighted by atomic mass is 9.83. The second-order valence-electron chi connectivity index (χ2n) is 4.40. The molecular formula is C8H13BF3N2-. The highest BCUT2D eigenvalue weighted by Gasteiger charge is 2.31. The van der Waals surface area contributed by atoms with Gasteiger partial charge >= 0.3 is 6.98 Å². The van der Waals surface area contributed by atoms with Crippen LogP contribution in [0.25, 0.3) is 0 Å². The molecule has 0 aliphatic heterocycles. The maximum absolute atomic E-state index is 12.5. The van der Waals surface area contributed by atoms with E-state index in [0.29, 0.717) is 5.69 Å². The van der Waals surface area contributed by atoms with Crippen molar-refractivity contribution in [3.8, 4) is 0 Å². The first-order valence-corrected chi connectivity index (χ1v) is 4.37. The molecule has 14 heavy (non-hydrogen) atoms. The molecule has 80 valence electrons. The van der Waals surface area contributed by atoms with Gasteiger partial charge in [0.15, 0.2) is 0 Å². The lowest BCUT2D eigenvalue weighted by Crippen LogP contribution is -2.39. The number of rotatable bonds is 1. The molecule has 0 unspecified atom stereocenters. The second kappa shape index (κ2) is 3.03. The molecule has 1 aromatic heterocycles. The van der Waals surface area contributed by atoms with Gasteiger partial charge in [0, 0.05) is 12.5 Å². The Morgan fingerprint density at radius 1 is 1.29 bits per heavy atom. The van der Waals surface area contributed by atoms with Crippen LogP contribution in [0.3, 0.4) is 0 Å². The summed E-state index contributed by atoms with van der Waals surface area (Å²) in [5.74, 6) is 0. The van der Waals surface area contributed by atoms with E-state index in [2.05, 4.69) is 5.10 Å². The number of hydrogen-bond donors (Lipinski definition) is 0. The first kappa shape index (κ1) is 11.1. The fourth-order valence-electron chi connectivity index (χ4n) is 1.15. The van der Waals surface area contributed by atoms with E-state index in [1.54, 1.807) is 0 Å². The molecule has 0 amide bonds. The first-order valence-electron chi connectivity index (χ1n) is 4.37. The van der Waals surface area contributed by atoms with Gasteiger partial charge in [-0.05, 0) is 11.7 Å². The second-order valence-corrected chi connectivity index (χ2v) is 4.40. The van der Waals surface area contributed by atoms with Crippen LogP contribution in [0.5, 0.6) is 0 Å². The smallest absolute Gasteiger partial charge is 0.444 e. The van der Waals surface area contributed by atoms with Crippen LogP contribution in [0, 0.1) is 0 Å². The maximum Gasteiger partial charge on any atom is 0.527 e. The normalized spacial score (nSPS) is 13.4. The standard InChI is InChI=1S/C8H13BF3N2/c1-8(2,3)6-5-7(9(10,11)12)14(4)13-6/h5H,1-4H3/q-1. The topological polar surface area (TPSA) is 17.8 Å². The van der Waals surface area contributed by atoms with Gasteiger partial charge in [-0.3, -0.25) is 0 Å². The highest BCUT2D eigenvalue weighted by molar-refractivity contribution is 6.72. The average Bonchev–Trinajstić information content (AvgIpc) is 2.27. The number of nitrogens with zero attached hydrogens (tertiary/aromatic N) is 2. The Kier molecular flexibility index (Phi) is 2.41. The van der Waals surface area contributed by atoms with Gasteiger partial charge < -0.3 is 17.6 Å². The molecule has 6 heteroatoms. The Morgan fingerprint density at radius 2 is 1.79 bits per heavy atom. The van der Waals surface area contributed by atoms with Crippen molar-refractivity contribution in [2.45, 2.75) is 26.2 Å². The molecule has 0 aliphatic rings. The van der Waals surface area contributed by atoms with Crippen LogP contribution < -0.4 is 5.59 Å². The molecular weight excluding hydrogens is 192 g/mol. The SMILES string of the molecule is Cn1nc(C(C)(C)C)cc1[B-](F)(F)F. The zero-order chi connectivity index (χ0) is 11.1. The third kappa shape index (κ3) is 2.11. The molecule has 0 aliphatic carbocycles. The van der Waals surface area contributed by atoms with Crippen LogP contribution in [0.4, 0.5) is 12.9 Å². The Balaban J connectivity index is 3.19. The molecule has 2 nitrogen and oxygen atoms in total. The highest BCUT2D eigenvalue weighted by atomic mass is 19.4. The van der Waals surface area contributed by atoms with Crippen LogP contribution in [0.15, 0.2) is 6.07 Å². The summed E-state index contributed by atoms with van der Waals surface area (Å²) in [4.78, 5) is 0. The molecule has 0 spiro atoms. The summed E-state index contributed by atoms with van der Waals surface area (Å²) in [7, 11) is 1.32. The summed E-state index contributed by atoms with van der Waals surface area (Å²) in [5, 5.41) is 3.86. The third-order valence-corrected chi connectivity index (χ3v) is 2.02. The van der Waals surface area contributed by atoms with Crippen molar-refractivity contribution in [1.29, 1.82) is 0 Å². The molecule has 0 bridgehead atoms. The van der Waals surface area contributed by atoms with Gasteiger partial charge in [-0.2, -0.15) is 5.10 Å². The predicted molar refractivity (Wildman–Crippen MR) is 50.6 cm³/mol. The van der Waals surface area contributed by atoms with Gasteiger partial charge in [-0.25, -0.2) is 0 Å². The zero-order valence-electron chi connectivity index (χ0n) is 8.68. The molecule has 0 radical (unpaired) electrons. The number of aryl methyl sites for hydroxylation is 1. The number of halogens is 3. The summed E-state index contributed by atoms with van der Waals surface area (Å²) in [5.41, 5.74) is -0.527. The van der Waals surface area contributed by atoms with Gasteiger partial charge in [0.2, 0.25) is 0 Å². The van der Waals surface area contributed by atoms with Crippen LogP contribution in [0.2, 0.25) is 0 Å². The van der Waals surface area contributed by atoms with Crippen molar-refractivity contribution in [1.82, 2.24) is 9.78 Å². The lowest BCUT2D eigenvalue weighted by molar-refractivity contribution is 0.492. The molecule has 0 aromatic carbocycles. The van der Waals surface area contributed by atoms with Gasteiger partial charge in [0.25, 0.3) is 0 Å². The highest BCUT2D eigenvalue weighted by Crippen LogP contribution is 2.20. The van der Waals surface area contributed by atoms with E-state index in [0.717, 1.165) is 10.7 Å². The van der Waals surface area contributed by atoms with E-state index in [1.165, 1.54) is 7.05 Å². The fourth-order valence-corrected chi connectivity index (χ4v) is 1.15. The first-order chi connectivity index (χ1) is 6.12. The monoisotopic (exact) mass is 205 g/mol. The molecule has 1 heterocycles. The predicted octanol–water partition coefficient (Wildman–Crippen LogP) is 1.77. The van der Waals surface area contributed by atoms with Gasteiger partial charge in [0.05, 0.1) is 5.69 Å². The molecule has 0 atom stereocenters. The minimum Gasteiger partial charge on any atom is -0.444 e. The van der Waals surface area contributed by atoms with Gasteiger partial charge in [-0.1, -0.05) is 20.8 Å². The van der Waals surface area contributed by atoms with E-state index in [4.69, 9.17) is 0 Å². The molecule has 0 fully saturated rings. The lowest BCUT2D eigenvalue weighted by Gasteiger charge is -2.14. The van der Waals surface area contributed by atoms with Crippen LogP contribution >= 0.6 is 0 Å². The molecule has 0 saturated heterocycles. The summed E-state index contributed by atoms with van der Waals surface area (Å²) >= 11 is 0. The van der Waals surface area contributed by atoms with E-state index >= 15 is 0 Å². The van der Waals surface area contributed by atoms with Gasteiger partial charge in [-0.15, -0.1) is 0 Å².